The molecular formula is C11H10ClNO2. The predicted molar refractivity (Wildman–Crippen MR) is 60.4 cm³/mol. The van der Waals surface area contributed by atoms with E-state index >= 15 is 0 Å². The van der Waals surface area contributed by atoms with Crippen LogP contribution in [0.2, 0.25) is 0 Å². The van der Waals surface area contributed by atoms with Crippen molar-refractivity contribution in [2.45, 2.75) is 0 Å². The van der Waals surface area contributed by atoms with Crippen LogP contribution in [0.15, 0.2) is 42.5 Å². The third-order valence-electron chi connectivity index (χ3n) is 2.00. The maximum absolute atomic E-state index is 10.6. The van der Waals surface area contributed by atoms with Gasteiger partial charge in [0.25, 0.3) is 0 Å². The van der Waals surface area contributed by atoms with E-state index in [1.54, 1.807) is 12.1 Å². The number of rotatable bonds is 2. The molecule has 0 fully saturated rings. The number of H-pyrrole nitrogens is 1. The van der Waals surface area contributed by atoms with Crippen molar-refractivity contribution in [1.29, 1.82) is 0 Å². The predicted octanol–water partition coefficient (Wildman–Crippen LogP) is 2.80. The average Bonchev–Trinajstić information content (AvgIpc) is 2.68. The lowest BCUT2D eigenvalue weighted by molar-refractivity contribution is 0.0691. The first-order chi connectivity index (χ1) is 6.77. The van der Waals surface area contributed by atoms with Gasteiger partial charge in [-0.15, -0.1) is 12.4 Å². The van der Waals surface area contributed by atoms with Gasteiger partial charge in [0, 0.05) is 5.69 Å². The molecule has 1 heterocycles. The second-order valence-corrected chi connectivity index (χ2v) is 2.96. The molecule has 1 aromatic heterocycles. The van der Waals surface area contributed by atoms with Crippen LogP contribution >= 0.6 is 12.4 Å². The Kier molecular flexibility index (Phi) is 3.52. The zero-order chi connectivity index (χ0) is 9.97. The molecule has 4 heteroatoms. The number of aromatic carboxylic acids is 1. The summed E-state index contributed by atoms with van der Waals surface area (Å²) < 4.78 is 0. The van der Waals surface area contributed by atoms with Gasteiger partial charge in [0.05, 0.1) is 0 Å². The molecule has 0 saturated heterocycles. The zero-order valence-corrected chi connectivity index (χ0v) is 8.62. The lowest BCUT2D eigenvalue weighted by Crippen LogP contribution is -1.95. The third-order valence-corrected chi connectivity index (χ3v) is 2.00. The quantitative estimate of drug-likeness (QED) is 0.823. The van der Waals surface area contributed by atoms with E-state index in [1.165, 1.54) is 0 Å². The fourth-order valence-corrected chi connectivity index (χ4v) is 1.31. The van der Waals surface area contributed by atoms with Crippen molar-refractivity contribution in [3.8, 4) is 11.3 Å². The highest BCUT2D eigenvalue weighted by atomic mass is 35.5. The molecule has 0 aliphatic heterocycles. The molecule has 0 unspecified atom stereocenters. The van der Waals surface area contributed by atoms with Crippen LogP contribution in [-0.2, 0) is 0 Å². The van der Waals surface area contributed by atoms with Crippen LogP contribution in [-0.4, -0.2) is 16.1 Å². The number of aromatic amines is 1. The van der Waals surface area contributed by atoms with Gasteiger partial charge in [0.15, 0.2) is 0 Å². The normalized spacial score (nSPS) is 9.33. The Morgan fingerprint density at radius 3 is 2.27 bits per heavy atom. The van der Waals surface area contributed by atoms with Crippen LogP contribution < -0.4 is 0 Å². The van der Waals surface area contributed by atoms with E-state index in [9.17, 15) is 4.79 Å². The largest absolute Gasteiger partial charge is 0.477 e. The van der Waals surface area contributed by atoms with Crippen LogP contribution in [0.3, 0.4) is 0 Å². The SMILES string of the molecule is Cl.O=C(O)c1ccc(-c2ccccc2)[nH]1. The molecule has 78 valence electrons. The van der Waals surface area contributed by atoms with Gasteiger partial charge in [-0.25, -0.2) is 4.79 Å². The number of nitrogens with one attached hydrogen (secondary N) is 1. The molecule has 0 amide bonds. The monoisotopic (exact) mass is 223 g/mol. The van der Waals surface area contributed by atoms with E-state index in [0.717, 1.165) is 11.3 Å². The van der Waals surface area contributed by atoms with E-state index in [0.29, 0.717) is 0 Å². The van der Waals surface area contributed by atoms with E-state index in [-0.39, 0.29) is 18.1 Å². The van der Waals surface area contributed by atoms with E-state index in [4.69, 9.17) is 5.11 Å². The lowest BCUT2D eigenvalue weighted by atomic mass is 10.2. The number of aromatic nitrogens is 1. The maximum Gasteiger partial charge on any atom is 0.352 e. The van der Waals surface area contributed by atoms with Crippen molar-refractivity contribution < 1.29 is 9.90 Å². The summed E-state index contributed by atoms with van der Waals surface area (Å²) in [5.74, 6) is -0.938. The number of carboxylic acid groups (broad SMARTS) is 1. The first-order valence-electron chi connectivity index (χ1n) is 4.25. The van der Waals surface area contributed by atoms with Gasteiger partial charge in [-0.1, -0.05) is 30.3 Å². The molecule has 1 aromatic carbocycles. The Morgan fingerprint density at radius 1 is 1.07 bits per heavy atom. The van der Waals surface area contributed by atoms with E-state index in [1.807, 2.05) is 30.3 Å². The summed E-state index contributed by atoms with van der Waals surface area (Å²) in [7, 11) is 0. The van der Waals surface area contributed by atoms with Gasteiger partial charge in [-0.2, -0.15) is 0 Å². The second-order valence-electron chi connectivity index (χ2n) is 2.96. The van der Waals surface area contributed by atoms with Crippen LogP contribution in [0.1, 0.15) is 10.5 Å². The smallest absolute Gasteiger partial charge is 0.352 e. The van der Waals surface area contributed by atoms with Gasteiger partial charge in [-0.05, 0) is 17.7 Å². The summed E-state index contributed by atoms with van der Waals surface area (Å²) in [4.78, 5) is 13.4. The fourth-order valence-electron chi connectivity index (χ4n) is 1.31. The highest BCUT2D eigenvalue weighted by Crippen LogP contribution is 2.17. The molecule has 0 radical (unpaired) electrons. The van der Waals surface area contributed by atoms with Crippen LogP contribution in [0.25, 0.3) is 11.3 Å². The molecule has 0 aliphatic carbocycles. The minimum Gasteiger partial charge on any atom is -0.477 e. The molecule has 0 atom stereocenters. The van der Waals surface area contributed by atoms with Gasteiger partial charge < -0.3 is 10.1 Å². The molecule has 2 aromatic rings. The first kappa shape index (κ1) is 11.3. The Bertz CT molecular complexity index is 451. The van der Waals surface area contributed by atoms with Crippen molar-refractivity contribution in [2.75, 3.05) is 0 Å². The van der Waals surface area contributed by atoms with Gasteiger partial charge >= 0.3 is 5.97 Å². The Labute approximate surface area is 93.2 Å². The summed E-state index contributed by atoms with van der Waals surface area (Å²) >= 11 is 0. The standard InChI is InChI=1S/C11H9NO2.ClH/c13-11(14)10-7-6-9(12-10)8-4-2-1-3-5-8;/h1-7,12H,(H,13,14);1H. The molecule has 2 rings (SSSR count). The molecule has 2 N–H and O–H groups in total. The van der Waals surface area contributed by atoms with E-state index < -0.39 is 5.97 Å². The summed E-state index contributed by atoms with van der Waals surface area (Å²) in [5.41, 5.74) is 2.02. The molecule has 0 aliphatic rings. The van der Waals surface area contributed by atoms with Crippen LogP contribution in [0, 0.1) is 0 Å². The summed E-state index contributed by atoms with van der Waals surface area (Å²) in [5, 5.41) is 8.71. The molecule has 3 nitrogen and oxygen atoms in total. The number of benzene rings is 1. The average molecular weight is 224 g/mol. The molecule has 0 bridgehead atoms. The minimum atomic E-state index is -0.938. The Hall–Kier alpha value is -1.74. The number of hydrogen-bond acceptors (Lipinski definition) is 1. The molecule has 0 spiro atoms. The Morgan fingerprint density at radius 2 is 1.73 bits per heavy atom. The van der Waals surface area contributed by atoms with Crippen molar-refractivity contribution in [1.82, 2.24) is 4.98 Å². The van der Waals surface area contributed by atoms with Gasteiger partial charge in [0.2, 0.25) is 0 Å². The van der Waals surface area contributed by atoms with E-state index in [2.05, 4.69) is 4.98 Å². The number of carbonyl (C=O) groups is 1. The van der Waals surface area contributed by atoms with Crippen molar-refractivity contribution in [3.05, 3.63) is 48.2 Å². The Balaban J connectivity index is 0.00000112. The first-order valence-corrected chi connectivity index (χ1v) is 4.25. The second kappa shape index (κ2) is 4.66. The fraction of sp³-hybridized carbons (Fsp3) is 0. The number of carboxylic acids is 1. The summed E-state index contributed by atoms with van der Waals surface area (Å²) in [6, 6.07) is 12.9. The molecule has 0 saturated carbocycles. The highest BCUT2D eigenvalue weighted by molar-refractivity contribution is 5.86. The lowest BCUT2D eigenvalue weighted by Gasteiger charge is -1.95. The minimum absolute atomic E-state index is 0. The maximum atomic E-state index is 10.6. The summed E-state index contributed by atoms with van der Waals surface area (Å²) in [6.07, 6.45) is 0. The van der Waals surface area contributed by atoms with Crippen molar-refractivity contribution >= 4 is 18.4 Å². The van der Waals surface area contributed by atoms with Crippen LogP contribution in [0.4, 0.5) is 0 Å². The van der Waals surface area contributed by atoms with Gasteiger partial charge in [-0.3, -0.25) is 0 Å². The third kappa shape index (κ3) is 2.39. The summed E-state index contributed by atoms with van der Waals surface area (Å²) in [6.45, 7) is 0. The molecular weight excluding hydrogens is 214 g/mol. The highest BCUT2D eigenvalue weighted by Gasteiger charge is 2.05. The number of halogens is 1. The zero-order valence-electron chi connectivity index (χ0n) is 7.81. The van der Waals surface area contributed by atoms with Gasteiger partial charge in [0.1, 0.15) is 5.69 Å². The topological polar surface area (TPSA) is 53.1 Å². The number of hydrogen-bond donors (Lipinski definition) is 2. The van der Waals surface area contributed by atoms with Crippen molar-refractivity contribution in [3.63, 3.8) is 0 Å². The van der Waals surface area contributed by atoms with Crippen molar-refractivity contribution in [2.24, 2.45) is 0 Å². The van der Waals surface area contributed by atoms with Crippen LogP contribution in [0.5, 0.6) is 0 Å². The molecule has 15 heavy (non-hydrogen) atoms.